The lowest BCUT2D eigenvalue weighted by Gasteiger charge is -2.17. The van der Waals surface area contributed by atoms with Crippen LogP contribution in [-0.4, -0.2) is 18.2 Å². The van der Waals surface area contributed by atoms with Crippen molar-refractivity contribution in [3.63, 3.8) is 0 Å². The molecule has 0 spiro atoms. The molecule has 6 nitrogen and oxygen atoms in total. The first-order valence-corrected chi connectivity index (χ1v) is 10.1. The van der Waals surface area contributed by atoms with Gasteiger partial charge in [0.05, 0.1) is 11.5 Å². The van der Waals surface area contributed by atoms with E-state index in [1.165, 1.54) is 11.8 Å². The third-order valence-corrected chi connectivity index (χ3v) is 4.81. The molecule has 3 rings (SSSR count). The maximum atomic E-state index is 12.8. The van der Waals surface area contributed by atoms with Gasteiger partial charge in [0, 0.05) is 6.07 Å². The highest BCUT2D eigenvalue weighted by Gasteiger charge is 2.19. The number of ether oxygens (including phenoxy) is 3. The molecule has 0 saturated heterocycles. The van der Waals surface area contributed by atoms with Gasteiger partial charge in [0.25, 0.3) is 0 Å². The van der Waals surface area contributed by atoms with Gasteiger partial charge < -0.3 is 18.6 Å². The number of fused-ring (bicyclic) bond motifs is 1. The van der Waals surface area contributed by atoms with Crippen LogP contribution in [0.4, 0.5) is 0 Å². The Hall–Kier alpha value is -3.28. The van der Waals surface area contributed by atoms with Gasteiger partial charge in [-0.1, -0.05) is 26.0 Å². The van der Waals surface area contributed by atoms with E-state index in [1.54, 1.807) is 25.1 Å². The molecule has 0 aliphatic rings. The summed E-state index contributed by atoms with van der Waals surface area (Å²) in [6, 6.07) is 12.3. The summed E-state index contributed by atoms with van der Waals surface area (Å²) in [5.41, 5.74) is 1.24. The minimum absolute atomic E-state index is 0.103. The van der Waals surface area contributed by atoms with E-state index >= 15 is 0 Å². The summed E-state index contributed by atoms with van der Waals surface area (Å²) in [4.78, 5) is 24.8. The van der Waals surface area contributed by atoms with Crippen molar-refractivity contribution in [2.24, 2.45) is 0 Å². The molecule has 0 saturated carbocycles. The minimum atomic E-state index is -0.781. The molecule has 0 radical (unpaired) electrons. The van der Waals surface area contributed by atoms with Gasteiger partial charge in [-0.25, -0.2) is 4.79 Å². The zero-order valence-corrected chi connectivity index (χ0v) is 17.6. The minimum Gasteiger partial charge on any atom is -0.479 e. The molecule has 1 aromatic heterocycles. The van der Waals surface area contributed by atoms with Crippen molar-refractivity contribution in [2.75, 3.05) is 0 Å². The zero-order valence-electron chi connectivity index (χ0n) is 17.6. The van der Waals surface area contributed by atoms with Crippen molar-refractivity contribution in [3.8, 4) is 17.2 Å². The summed E-state index contributed by atoms with van der Waals surface area (Å²) >= 11 is 0. The van der Waals surface area contributed by atoms with E-state index < -0.39 is 12.1 Å². The van der Waals surface area contributed by atoms with Crippen LogP contribution in [0, 0.1) is 0 Å². The summed E-state index contributed by atoms with van der Waals surface area (Å²) in [5, 5.41) is 0.361. The first kappa shape index (κ1) is 21.4. The highest BCUT2D eigenvalue weighted by Crippen LogP contribution is 2.25. The summed E-state index contributed by atoms with van der Waals surface area (Å²) < 4.78 is 22.2. The highest BCUT2D eigenvalue weighted by molar-refractivity contribution is 5.79. The number of benzene rings is 2. The van der Waals surface area contributed by atoms with Crippen LogP contribution >= 0.6 is 0 Å². The summed E-state index contributed by atoms with van der Waals surface area (Å²) in [6.07, 6.45) is 1.98. The largest absolute Gasteiger partial charge is 0.479 e. The second-order valence-corrected chi connectivity index (χ2v) is 7.10. The van der Waals surface area contributed by atoms with Crippen LogP contribution in [0.1, 0.15) is 39.7 Å². The van der Waals surface area contributed by atoms with E-state index in [9.17, 15) is 9.59 Å². The van der Waals surface area contributed by atoms with E-state index in [0.717, 1.165) is 12.8 Å². The number of hydrogen-bond donors (Lipinski definition) is 0. The number of hydrogen-bond acceptors (Lipinski definition) is 6. The lowest BCUT2D eigenvalue weighted by molar-refractivity contribution is -0.155. The smallest absolute Gasteiger partial charge is 0.347 e. The van der Waals surface area contributed by atoms with Crippen LogP contribution in [0.5, 0.6) is 17.2 Å². The van der Waals surface area contributed by atoms with Crippen molar-refractivity contribution in [2.45, 2.75) is 52.7 Å². The Morgan fingerprint density at radius 1 is 1.03 bits per heavy atom. The molecule has 6 heteroatoms. The van der Waals surface area contributed by atoms with E-state index in [0.29, 0.717) is 22.5 Å². The highest BCUT2D eigenvalue weighted by atomic mass is 16.6. The number of rotatable bonds is 8. The summed E-state index contributed by atoms with van der Waals surface area (Å²) in [7, 11) is 0. The first-order valence-electron chi connectivity index (χ1n) is 10.1. The monoisotopic (exact) mass is 410 g/mol. The Labute approximate surface area is 175 Å². The maximum absolute atomic E-state index is 12.8. The van der Waals surface area contributed by atoms with Crippen molar-refractivity contribution >= 4 is 16.9 Å². The molecule has 0 N–H and O–H groups in total. The number of carbonyl (C=O) groups excluding carboxylic acids is 1. The second-order valence-electron chi connectivity index (χ2n) is 7.10. The quantitative estimate of drug-likeness (QED) is 0.472. The zero-order chi connectivity index (χ0) is 21.7. The van der Waals surface area contributed by atoms with Crippen molar-refractivity contribution in [1.29, 1.82) is 0 Å². The topological polar surface area (TPSA) is 75.0 Å². The standard InChI is InChI=1S/C24H26O6/c1-5-15(3)28-24(26)16(4)29-19-11-12-20-21(13-19)27-14-22(23(20)25)30-18-9-7-17(6-2)8-10-18/h7-16H,5-6H2,1-4H3/t15-,16-/m1/s1. The molecule has 3 aromatic rings. The van der Waals surface area contributed by atoms with Gasteiger partial charge in [-0.2, -0.15) is 0 Å². The fraction of sp³-hybridized carbons (Fsp3) is 0.333. The summed E-state index contributed by atoms with van der Waals surface area (Å²) in [5.74, 6) is 0.630. The molecular formula is C24H26O6. The van der Waals surface area contributed by atoms with Gasteiger partial charge in [-0.15, -0.1) is 0 Å². The van der Waals surface area contributed by atoms with Crippen LogP contribution in [0.2, 0.25) is 0 Å². The van der Waals surface area contributed by atoms with Crippen molar-refractivity contribution in [1.82, 2.24) is 0 Å². The SMILES string of the molecule is CCc1ccc(Oc2coc3cc(O[C@H](C)C(=O)O[C@H](C)CC)ccc3c2=O)cc1. The third kappa shape index (κ3) is 5.00. The fourth-order valence-electron chi connectivity index (χ4n) is 2.78. The van der Waals surface area contributed by atoms with Gasteiger partial charge >= 0.3 is 5.97 Å². The lowest BCUT2D eigenvalue weighted by Crippen LogP contribution is -2.29. The molecule has 0 unspecified atom stereocenters. The molecule has 158 valence electrons. The number of aryl methyl sites for hydroxylation is 1. The number of carbonyl (C=O) groups is 1. The van der Waals surface area contributed by atoms with Gasteiger partial charge in [0.1, 0.15) is 23.3 Å². The van der Waals surface area contributed by atoms with E-state index in [1.807, 2.05) is 38.1 Å². The average molecular weight is 410 g/mol. The second kappa shape index (κ2) is 9.48. The molecule has 0 fully saturated rings. The Balaban J connectivity index is 1.77. The van der Waals surface area contributed by atoms with E-state index in [4.69, 9.17) is 18.6 Å². The molecule has 2 aromatic carbocycles. The van der Waals surface area contributed by atoms with Crippen LogP contribution < -0.4 is 14.9 Å². The van der Waals surface area contributed by atoms with Crippen LogP contribution in [0.25, 0.3) is 11.0 Å². The van der Waals surface area contributed by atoms with Gasteiger partial charge in [0.2, 0.25) is 11.2 Å². The summed E-state index contributed by atoms with van der Waals surface area (Å²) in [6.45, 7) is 7.45. The van der Waals surface area contributed by atoms with Gasteiger partial charge in [0.15, 0.2) is 6.10 Å². The molecule has 0 amide bonds. The Kier molecular flexibility index (Phi) is 6.77. The maximum Gasteiger partial charge on any atom is 0.347 e. The van der Waals surface area contributed by atoms with Crippen LogP contribution in [0.3, 0.4) is 0 Å². The molecular weight excluding hydrogens is 384 g/mol. The molecule has 0 aliphatic carbocycles. The number of esters is 1. The molecule has 30 heavy (non-hydrogen) atoms. The normalized spacial score (nSPS) is 12.9. The fourth-order valence-corrected chi connectivity index (χ4v) is 2.78. The van der Waals surface area contributed by atoms with Crippen LogP contribution in [0.15, 0.2) is 57.9 Å². The average Bonchev–Trinajstić information content (AvgIpc) is 2.76. The van der Waals surface area contributed by atoms with E-state index in [-0.39, 0.29) is 17.3 Å². The van der Waals surface area contributed by atoms with Gasteiger partial charge in [-0.05, 0) is 56.5 Å². The molecule has 1 heterocycles. The Bertz CT molecular complexity index is 1070. The van der Waals surface area contributed by atoms with Gasteiger partial charge in [-0.3, -0.25) is 4.79 Å². The predicted molar refractivity (Wildman–Crippen MR) is 114 cm³/mol. The lowest BCUT2D eigenvalue weighted by atomic mass is 10.2. The Morgan fingerprint density at radius 2 is 1.73 bits per heavy atom. The predicted octanol–water partition coefficient (Wildman–Crippen LogP) is 5.26. The van der Waals surface area contributed by atoms with Crippen LogP contribution in [-0.2, 0) is 16.0 Å². The van der Waals surface area contributed by atoms with Crippen molar-refractivity contribution < 1.29 is 23.4 Å². The van der Waals surface area contributed by atoms with Crippen molar-refractivity contribution in [3.05, 3.63) is 64.5 Å². The Morgan fingerprint density at radius 3 is 2.40 bits per heavy atom. The van der Waals surface area contributed by atoms with E-state index in [2.05, 4.69) is 6.92 Å². The third-order valence-electron chi connectivity index (χ3n) is 4.81. The molecule has 0 aliphatic heterocycles. The first-order chi connectivity index (χ1) is 14.4. The molecule has 2 atom stereocenters. The molecule has 0 bridgehead atoms.